The van der Waals surface area contributed by atoms with Crippen molar-refractivity contribution in [2.45, 2.75) is 39.5 Å². The zero-order valence-electron chi connectivity index (χ0n) is 38.7. The van der Waals surface area contributed by atoms with Gasteiger partial charge in [-0.2, -0.15) is 9.97 Å². The van der Waals surface area contributed by atoms with Crippen molar-refractivity contribution in [1.29, 1.82) is 0 Å². The van der Waals surface area contributed by atoms with E-state index in [-0.39, 0.29) is 5.28 Å². The Kier molecular flexibility index (Phi) is 13.7. The largest absolute Gasteiger partial charge is 0.456 e. The van der Waals surface area contributed by atoms with E-state index in [1.54, 1.807) is 0 Å². The molecular weight excluding hydrogens is 914 g/mol. The second-order valence-electron chi connectivity index (χ2n) is 17.4. The molecule has 9 aromatic carbocycles. The summed E-state index contributed by atoms with van der Waals surface area (Å²) in [6.07, 6.45) is 1.47. The highest BCUT2D eigenvalue weighted by molar-refractivity contribution is 7.80. The minimum Gasteiger partial charge on any atom is -0.456 e. The minimum absolute atomic E-state index is 0.148. The maximum atomic E-state index is 6.62. The van der Waals surface area contributed by atoms with Crippen LogP contribution < -0.4 is 0 Å². The van der Waals surface area contributed by atoms with Gasteiger partial charge in [0, 0.05) is 53.4 Å². The van der Waals surface area contributed by atoms with Crippen molar-refractivity contribution in [2.75, 3.05) is 6.38 Å². The monoisotopic (exact) mass is 961 g/mol. The summed E-state index contributed by atoms with van der Waals surface area (Å²) in [6, 6.07) is 57.3. The van der Waals surface area contributed by atoms with E-state index in [9.17, 15) is 0 Å². The molecule has 3 heterocycles. The minimum atomic E-state index is 0.148. The number of thiol groups is 1. The van der Waals surface area contributed by atoms with Crippen LogP contribution >= 0.6 is 47.2 Å². The third-order valence-corrected chi connectivity index (χ3v) is 13.7. The van der Waals surface area contributed by atoms with Gasteiger partial charge in [-0.25, -0.2) is 4.98 Å². The number of fused-ring (bicyclic) bond motifs is 12. The van der Waals surface area contributed by atoms with Crippen LogP contribution in [0.4, 0.5) is 0 Å². The van der Waals surface area contributed by atoms with Gasteiger partial charge in [0.25, 0.3) is 0 Å². The summed E-state index contributed by atoms with van der Waals surface area (Å²) < 4.78 is 8.89. The van der Waals surface area contributed by atoms with Gasteiger partial charge in [-0.15, -0.1) is 35.6 Å². The summed E-state index contributed by atoms with van der Waals surface area (Å²) in [7, 11) is 0. The number of halogens is 2. The third kappa shape index (κ3) is 9.10. The lowest BCUT2D eigenvalue weighted by atomic mass is 9.93. The summed E-state index contributed by atoms with van der Waals surface area (Å²) in [4.78, 5) is 15.2. The Bertz CT molecular complexity index is 3820. The molecule has 0 aliphatic rings. The number of alkyl halides is 1. The Balaban J connectivity index is 0.000000292. The SMILES string of the molecule is C=C(C)c1cccc(C)c1S.CC(C)C.CCl.Clc1nc(-c2ccc3oc4ccc(-c5cccc6c5sc5ccccc56)cc4c3c2)nc(-c2ccc3c4ccccc4c4ccccc4c3c2)n1. The molecule has 336 valence electrons. The van der Waals surface area contributed by atoms with Crippen LogP contribution in [0.3, 0.4) is 0 Å². The Morgan fingerprint density at radius 1 is 0.544 bits per heavy atom. The molecule has 0 saturated carbocycles. The van der Waals surface area contributed by atoms with Crippen molar-refractivity contribution in [3.8, 4) is 33.9 Å². The van der Waals surface area contributed by atoms with Crippen molar-refractivity contribution in [2.24, 2.45) is 5.92 Å². The number of furan rings is 1. The third-order valence-electron chi connectivity index (χ3n) is 11.8. The van der Waals surface area contributed by atoms with E-state index >= 15 is 0 Å². The van der Waals surface area contributed by atoms with Crippen LogP contribution in [0.25, 0.3) is 114 Å². The van der Waals surface area contributed by atoms with Crippen LogP contribution in [0.15, 0.2) is 180 Å². The molecule has 4 nitrogen and oxygen atoms in total. The van der Waals surface area contributed by atoms with E-state index in [0.717, 1.165) is 66.0 Å². The molecule has 0 amide bonds. The van der Waals surface area contributed by atoms with Crippen LogP contribution in [-0.2, 0) is 0 Å². The summed E-state index contributed by atoms with van der Waals surface area (Å²) in [5, 5.41) is 12.0. The van der Waals surface area contributed by atoms with E-state index in [0.29, 0.717) is 11.6 Å². The number of benzene rings is 9. The number of rotatable bonds is 4. The van der Waals surface area contributed by atoms with Crippen molar-refractivity contribution >= 4 is 127 Å². The maximum absolute atomic E-state index is 6.62. The molecule has 0 aliphatic carbocycles. The zero-order valence-corrected chi connectivity index (χ0v) is 42.0. The summed E-state index contributed by atoms with van der Waals surface area (Å²) in [5.41, 5.74) is 9.13. The molecule has 0 aliphatic heterocycles. The molecule has 0 fully saturated rings. The highest BCUT2D eigenvalue weighted by atomic mass is 35.5. The lowest BCUT2D eigenvalue weighted by Crippen LogP contribution is -1.97. The van der Waals surface area contributed by atoms with E-state index in [1.165, 1.54) is 64.6 Å². The molecule has 0 bridgehead atoms. The Morgan fingerprint density at radius 3 is 1.60 bits per heavy atom. The fourth-order valence-corrected chi connectivity index (χ4v) is 10.5. The van der Waals surface area contributed by atoms with Crippen molar-refractivity contribution < 1.29 is 4.42 Å². The van der Waals surface area contributed by atoms with Crippen LogP contribution in [0.1, 0.15) is 38.8 Å². The highest BCUT2D eigenvalue weighted by Gasteiger charge is 2.17. The molecule has 0 spiro atoms. The van der Waals surface area contributed by atoms with Gasteiger partial charge in [0.15, 0.2) is 11.6 Å². The molecular formula is C60H49Cl2N3OS2. The van der Waals surface area contributed by atoms with Gasteiger partial charge >= 0.3 is 0 Å². The maximum Gasteiger partial charge on any atom is 0.226 e. The van der Waals surface area contributed by atoms with Crippen LogP contribution in [0.5, 0.6) is 0 Å². The summed E-state index contributed by atoms with van der Waals surface area (Å²) in [6.45, 7) is 14.4. The number of nitrogens with zero attached hydrogens (tertiary/aromatic N) is 3. The van der Waals surface area contributed by atoms with Gasteiger partial charge in [0.05, 0.1) is 0 Å². The van der Waals surface area contributed by atoms with Crippen LogP contribution in [-0.4, -0.2) is 21.3 Å². The first-order valence-corrected chi connectivity index (χ1v) is 24.9. The van der Waals surface area contributed by atoms with E-state index in [2.05, 4.69) is 208 Å². The van der Waals surface area contributed by atoms with Crippen molar-refractivity contribution in [1.82, 2.24) is 15.0 Å². The summed E-state index contributed by atoms with van der Waals surface area (Å²) in [5.74, 6) is 1.87. The van der Waals surface area contributed by atoms with Gasteiger partial charge in [0.2, 0.25) is 5.28 Å². The van der Waals surface area contributed by atoms with Gasteiger partial charge in [-0.1, -0.05) is 149 Å². The number of hydrogen-bond donors (Lipinski definition) is 1. The topological polar surface area (TPSA) is 51.8 Å². The molecule has 0 unspecified atom stereocenters. The Morgan fingerprint density at radius 2 is 1.01 bits per heavy atom. The van der Waals surface area contributed by atoms with Gasteiger partial charge in [0.1, 0.15) is 11.2 Å². The Labute approximate surface area is 416 Å². The predicted octanol–water partition coefficient (Wildman–Crippen LogP) is 19.1. The molecule has 12 rings (SSSR count). The van der Waals surface area contributed by atoms with Gasteiger partial charge < -0.3 is 4.42 Å². The molecule has 0 radical (unpaired) electrons. The highest BCUT2D eigenvalue weighted by Crippen LogP contribution is 2.42. The molecule has 3 aromatic heterocycles. The van der Waals surface area contributed by atoms with Crippen molar-refractivity contribution in [3.05, 3.63) is 187 Å². The Hall–Kier alpha value is -6.54. The predicted molar refractivity (Wildman–Crippen MR) is 299 cm³/mol. The molecule has 0 saturated heterocycles. The van der Waals surface area contributed by atoms with E-state index in [1.807, 2.05) is 42.5 Å². The first-order valence-electron chi connectivity index (χ1n) is 22.5. The molecule has 0 atom stereocenters. The number of thiophene rings is 1. The van der Waals surface area contributed by atoms with Crippen LogP contribution in [0, 0.1) is 12.8 Å². The fourth-order valence-electron chi connectivity index (χ4n) is 8.72. The lowest BCUT2D eigenvalue weighted by molar-refractivity contribution is 0.669. The molecule has 12 aromatic rings. The first kappa shape index (κ1) is 46.6. The second-order valence-corrected chi connectivity index (χ2v) is 19.2. The first-order chi connectivity index (χ1) is 33.0. The smallest absolute Gasteiger partial charge is 0.226 e. The standard InChI is InChI=1S/C45H24ClN3OS.C10H12S.C4H10.CH3Cl/c46-45-48-43(26-16-19-33-31-10-2-1-8-29(31)30-9-3-4-11-32(30)36(33)23-26)47-44(49-45)27-18-21-40-38(24-27)37-22-25(17-20-39(37)50-40)28-13-7-14-35-34-12-5-6-15-41(34)51-42(28)35;1-7(2)9-6-4-5-8(3)10(9)11;1-4(2)3;1-2/h1-24H;4-6,11H,1H2,2-3H3;4H,1-3H3;1H3. The quantitative estimate of drug-likeness (QED) is 0.108. The second kappa shape index (κ2) is 20.0. The molecule has 0 N–H and O–H groups in total. The molecule has 8 heteroatoms. The van der Waals surface area contributed by atoms with E-state index in [4.69, 9.17) is 21.0 Å². The normalized spacial score (nSPS) is 11.2. The number of allylic oxidation sites excluding steroid dienone is 1. The lowest BCUT2D eigenvalue weighted by Gasteiger charge is -2.12. The van der Waals surface area contributed by atoms with Crippen LogP contribution in [0.2, 0.25) is 5.28 Å². The number of aromatic nitrogens is 3. The van der Waals surface area contributed by atoms with Gasteiger partial charge in [-0.05, 0) is 134 Å². The van der Waals surface area contributed by atoms with Crippen molar-refractivity contribution in [3.63, 3.8) is 0 Å². The van der Waals surface area contributed by atoms with E-state index < -0.39 is 0 Å². The molecule has 68 heavy (non-hydrogen) atoms. The average molecular weight is 963 g/mol. The zero-order chi connectivity index (χ0) is 47.6. The number of hydrogen-bond acceptors (Lipinski definition) is 6. The fraction of sp³-hybridized carbons (Fsp3) is 0.117. The summed E-state index contributed by atoms with van der Waals surface area (Å²) >= 11 is 17.5. The average Bonchev–Trinajstić information content (AvgIpc) is 3.93. The number of aryl methyl sites for hydroxylation is 1. The van der Waals surface area contributed by atoms with Gasteiger partial charge in [-0.3, -0.25) is 0 Å².